The van der Waals surface area contributed by atoms with Crippen LogP contribution in [-0.4, -0.2) is 13.5 Å². The molecule has 0 aliphatic heterocycles. The maximum Gasteiger partial charge on any atom is 0.347 e. The van der Waals surface area contributed by atoms with Crippen molar-refractivity contribution in [2.24, 2.45) is 0 Å². The van der Waals surface area contributed by atoms with Gasteiger partial charge in [0, 0.05) is 0 Å². The third-order valence-corrected chi connectivity index (χ3v) is 3.31. The Balaban J connectivity index is 3.05. The van der Waals surface area contributed by atoms with E-state index in [1.807, 2.05) is 0 Å². The Morgan fingerprint density at radius 1 is 1.38 bits per heavy atom. The average molecular weight is 160 g/mol. The molecule has 0 aromatic carbocycles. The van der Waals surface area contributed by atoms with E-state index in [9.17, 15) is 0 Å². The van der Waals surface area contributed by atoms with Crippen LogP contribution in [-0.2, 0) is 0 Å². The predicted molar refractivity (Wildman–Crippen MR) is 36.2 cm³/mol. The first-order chi connectivity index (χ1) is 3.93. The van der Waals surface area contributed by atoms with Gasteiger partial charge in [-0.05, 0) is 13.5 Å². The summed E-state index contributed by atoms with van der Waals surface area (Å²) in [7, 11) is 0.667. The van der Waals surface area contributed by atoms with Gasteiger partial charge >= 0.3 is 17.0 Å². The Hall–Kier alpha value is -0.140. The van der Waals surface area contributed by atoms with Crippen molar-refractivity contribution in [2.75, 3.05) is 0 Å². The van der Waals surface area contributed by atoms with Crippen LogP contribution in [0, 0.1) is 12.1 Å². The van der Waals surface area contributed by atoms with Gasteiger partial charge in [0.05, 0.1) is 5.66 Å². The van der Waals surface area contributed by atoms with Crippen LogP contribution in [0.5, 0.6) is 0 Å². The summed E-state index contributed by atoms with van der Waals surface area (Å²) in [5.41, 5.74) is 2.46. The van der Waals surface area contributed by atoms with Crippen LogP contribution in [0.25, 0.3) is 0 Å². The molecule has 0 N–H and O–H groups in total. The molecule has 0 saturated carbocycles. The van der Waals surface area contributed by atoms with E-state index < -0.39 is 7.85 Å². The van der Waals surface area contributed by atoms with Crippen LogP contribution in [0.4, 0.5) is 0 Å². The highest BCUT2D eigenvalue weighted by Crippen LogP contribution is 2.18. The van der Waals surface area contributed by atoms with Gasteiger partial charge in [-0.25, -0.2) is 0 Å². The van der Waals surface area contributed by atoms with Crippen LogP contribution >= 0.6 is 24.9 Å². The fourth-order valence-electron chi connectivity index (χ4n) is 0.199. The predicted octanol–water partition coefficient (Wildman–Crippen LogP) is 1.74. The number of terminal acetylenes is 1. The Morgan fingerprint density at radius 2 is 2.00 bits per heavy atom. The summed E-state index contributed by atoms with van der Waals surface area (Å²) in [6.45, 7) is 0. The quantitative estimate of drug-likeness (QED) is 0.542. The van der Waals surface area contributed by atoms with Gasteiger partial charge in [-0.1, -0.05) is 6.42 Å². The van der Waals surface area contributed by atoms with Crippen LogP contribution in [0.1, 0.15) is 0 Å². The molecule has 0 aliphatic rings. The minimum Gasteiger partial charge on any atom is -0.0939 e. The second-order valence-electron chi connectivity index (χ2n) is 0.866. The van der Waals surface area contributed by atoms with Gasteiger partial charge in [0.25, 0.3) is 7.85 Å². The molecule has 0 bridgehead atoms. The molecule has 0 unspecified atom stereocenters. The molecule has 0 amide bonds. The number of hydrogen-bond acceptors (Lipinski definition) is 3. The van der Waals surface area contributed by atoms with Gasteiger partial charge in [-0.2, -0.15) is 0 Å². The molecule has 0 atom stereocenters. The lowest BCUT2D eigenvalue weighted by Crippen LogP contribution is -1.58. The summed E-state index contributed by atoms with van der Waals surface area (Å²) in [5.74, 6) is 0. The Morgan fingerprint density at radius 3 is 2.38 bits per heavy atom. The van der Waals surface area contributed by atoms with Gasteiger partial charge in [0.15, 0.2) is 0 Å². The highest BCUT2D eigenvalue weighted by Gasteiger charge is 1.95. The average Bonchev–Trinajstić information content (AvgIpc) is 1.90. The molecule has 0 spiro atoms. The maximum atomic E-state index is 5.04. The molecule has 38 valence electrons. The summed E-state index contributed by atoms with van der Waals surface area (Å²) < 4.78 is 11.6. The fourth-order valence-corrected chi connectivity index (χ4v) is 2.76. The largest absolute Gasteiger partial charge is 0.347 e. The van der Waals surface area contributed by atoms with Gasteiger partial charge in [0.1, 0.15) is 0 Å². The van der Waals surface area contributed by atoms with E-state index in [4.69, 9.17) is 6.42 Å². The van der Waals surface area contributed by atoms with Crippen molar-refractivity contribution in [3.8, 4) is 12.1 Å². The van der Waals surface area contributed by atoms with Crippen molar-refractivity contribution < 1.29 is 0 Å². The van der Waals surface area contributed by atoms with Crippen molar-refractivity contribution in [2.45, 2.75) is 0 Å². The Bertz CT molecular complexity index is 204. The molecule has 1 heterocycles. The normalized spacial score (nSPS) is 12.1. The zero-order chi connectivity index (χ0) is 5.82. The first-order valence-corrected chi connectivity index (χ1v) is 4.56. The van der Waals surface area contributed by atoms with Crippen molar-refractivity contribution in [3.63, 3.8) is 0 Å². The van der Waals surface area contributed by atoms with E-state index in [2.05, 4.69) is 19.2 Å². The van der Waals surface area contributed by atoms with Gasteiger partial charge in [-0.15, -0.1) is 0 Å². The summed E-state index contributed by atoms with van der Waals surface area (Å²) in [5, 5.41) is 0. The summed E-state index contributed by atoms with van der Waals surface area (Å²) in [6, 6.07) is 0. The van der Waals surface area contributed by atoms with E-state index in [1.54, 1.807) is 0 Å². The van der Waals surface area contributed by atoms with Gasteiger partial charge in [0.2, 0.25) is 0 Å². The van der Waals surface area contributed by atoms with E-state index in [-0.39, 0.29) is 0 Å². The Labute approximate surface area is 51.3 Å². The van der Waals surface area contributed by atoms with Crippen LogP contribution in [0.3, 0.4) is 0 Å². The highest BCUT2D eigenvalue weighted by atomic mass is 31.2. The summed E-state index contributed by atoms with van der Waals surface area (Å²) in [4.78, 5) is 0. The molecule has 1 aromatic heterocycles. The summed E-state index contributed by atoms with van der Waals surface area (Å²) in [6.07, 6.45) is 5.04. The zero-order valence-electron chi connectivity index (χ0n) is 3.76. The third kappa shape index (κ3) is 1.42. The minimum absolute atomic E-state index is 0.738. The van der Waals surface area contributed by atoms with Crippen molar-refractivity contribution in [3.05, 3.63) is 0 Å². The van der Waals surface area contributed by atoms with Crippen LogP contribution in [0.2, 0.25) is 0 Å². The molecule has 1 aromatic rings. The third-order valence-electron chi connectivity index (χ3n) is 0.445. The topological polar surface area (TPSA) is 38.7 Å². The maximum absolute atomic E-state index is 5.04. The number of rotatable bonds is 0. The summed E-state index contributed by atoms with van der Waals surface area (Å²) >= 11 is 0. The van der Waals surface area contributed by atoms with Crippen LogP contribution in [0.15, 0.2) is 0 Å². The van der Waals surface area contributed by atoms with Gasteiger partial charge < -0.3 is 0 Å². The van der Waals surface area contributed by atoms with E-state index in [0.29, 0.717) is 0 Å². The fraction of sp³-hybridized carbons (Fsp3) is 0. The van der Waals surface area contributed by atoms with E-state index in [1.165, 1.54) is 0 Å². The van der Waals surface area contributed by atoms with E-state index >= 15 is 0 Å². The SMILES string of the molecule is C#C[p+]1npnpn1. The second-order valence-corrected chi connectivity index (χ2v) is 4.21. The highest BCUT2D eigenvalue weighted by molar-refractivity contribution is 7.57. The molecular formula is C2HN3P3+. The zero-order valence-corrected chi connectivity index (χ0v) is 6.44. The molecule has 0 aliphatic carbocycles. The smallest absolute Gasteiger partial charge is 0.0939 e. The lowest BCUT2D eigenvalue weighted by molar-refractivity contribution is 1.68. The van der Waals surface area contributed by atoms with Crippen molar-refractivity contribution >= 4 is 24.9 Å². The Kier molecular flexibility index (Phi) is 2.25. The molecular weight excluding hydrogens is 159 g/mol. The minimum atomic E-state index is -0.810. The lowest BCUT2D eigenvalue weighted by Gasteiger charge is -1.65. The number of nitrogens with zero attached hydrogens (tertiary/aromatic N) is 3. The second kappa shape index (κ2) is 3.00. The number of aromatic nitrogens is 3. The molecule has 1 rings (SSSR count). The molecule has 0 radical (unpaired) electrons. The number of hydrogen-bond donors (Lipinski definition) is 0. The molecule has 8 heavy (non-hydrogen) atoms. The molecule has 0 saturated heterocycles. The molecule has 3 nitrogen and oxygen atoms in total. The van der Waals surface area contributed by atoms with Gasteiger partial charge in [-0.3, -0.25) is 0 Å². The van der Waals surface area contributed by atoms with E-state index in [0.717, 1.165) is 17.0 Å². The first-order valence-electron chi connectivity index (χ1n) is 1.71. The lowest BCUT2D eigenvalue weighted by atomic mass is 11.4. The standard InChI is InChI=1S/C2HN3P3/c1-2-8-4-6-3-7-5-8/h1H/q+1. The first kappa shape index (κ1) is 5.99. The molecule has 0 fully saturated rings. The molecule has 6 heteroatoms. The van der Waals surface area contributed by atoms with Crippen molar-refractivity contribution in [1.29, 1.82) is 0 Å². The monoisotopic (exact) mass is 160 g/mol. The van der Waals surface area contributed by atoms with Crippen molar-refractivity contribution in [1.82, 2.24) is 13.5 Å². The van der Waals surface area contributed by atoms with Crippen LogP contribution < -0.4 is 0 Å².